The highest BCUT2D eigenvalue weighted by Crippen LogP contribution is 2.35. The Hall–Kier alpha value is -3.70. The molecule has 0 amide bonds. The van der Waals surface area contributed by atoms with Gasteiger partial charge in [0.2, 0.25) is 0 Å². The fourth-order valence-corrected chi connectivity index (χ4v) is 5.50. The number of carboxylic acid groups (broad SMARTS) is 1. The summed E-state index contributed by atoms with van der Waals surface area (Å²) in [5.41, 5.74) is 3.44. The number of carbonyl (C=O) groups is 1. The smallest absolute Gasteiger partial charge is 0.335 e. The van der Waals surface area contributed by atoms with E-state index < -0.39 is 5.97 Å². The van der Waals surface area contributed by atoms with Crippen molar-refractivity contribution in [1.82, 2.24) is 5.32 Å². The Labute approximate surface area is 211 Å². The number of carboxylic acids is 1. The first-order valence-electron chi connectivity index (χ1n) is 12.5. The molecular weight excluding hydrogens is 451 g/mol. The largest absolute Gasteiger partial charge is 0.478 e. The van der Waals surface area contributed by atoms with Crippen LogP contribution in [0.2, 0.25) is 0 Å². The average molecular weight is 483 g/mol. The molecule has 1 fully saturated rings. The third kappa shape index (κ3) is 5.12. The molecule has 5 heteroatoms. The molecule has 1 saturated heterocycles. The van der Waals surface area contributed by atoms with E-state index in [2.05, 4.69) is 59.6 Å². The number of piperidine rings is 1. The van der Waals surface area contributed by atoms with Crippen LogP contribution in [0, 0.1) is 11.7 Å². The molecule has 0 saturated carbocycles. The van der Waals surface area contributed by atoms with Crippen molar-refractivity contribution in [3.63, 3.8) is 0 Å². The highest BCUT2D eigenvalue weighted by Gasteiger charge is 2.31. The molecule has 0 aliphatic carbocycles. The number of nitrogens with zero attached hydrogens (tertiary/aromatic N) is 1. The second kappa shape index (κ2) is 10.5. The highest BCUT2D eigenvalue weighted by molar-refractivity contribution is 5.89. The first-order valence-corrected chi connectivity index (χ1v) is 12.5. The van der Waals surface area contributed by atoms with Crippen LogP contribution < -0.4 is 10.2 Å². The van der Waals surface area contributed by atoms with Crippen molar-refractivity contribution in [2.75, 3.05) is 24.5 Å². The first kappa shape index (κ1) is 24.0. The quantitative estimate of drug-likeness (QED) is 0.310. The summed E-state index contributed by atoms with van der Waals surface area (Å²) in [6, 6.07) is 29.0. The van der Waals surface area contributed by atoms with E-state index in [1.165, 1.54) is 22.4 Å². The Morgan fingerprint density at radius 1 is 1.03 bits per heavy atom. The number of benzene rings is 4. The molecule has 2 N–H and O–H groups in total. The number of halogens is 1. The van der Waals surface area contributed by atoms with Crippen LogP contribution in [0.4, 0.5) is 10.1 Å². The van der Waals surface area contributed by atoms with Crippen LogP contribution in [0.15, 0.2) is 91.0 Å². The number of hydrogen-bond donors (Lipinski definition) is 2. The third-order valence-electron chi connectivity index (χ3n) is 7.47. The summed E-state index contributed by atoms with van der Waals surface area (Å²) in [6.07, 6.45) is 0.924. The Balaban J connectivity index is 1.37. The van der Waals surface area contributed by atoms with Crippen molar-refractivity contribution in [2.24, 2.45) is 5.92 Å². The molecule has 4 nitrogen and oxygen atoms in total. The lowest BCUT2D eigenvalue weighted by Gasteiger charge is -2.41. The van der Waals surface area contributed by atoms with Crippen LogP contribution in [0.1, 0.15) is 46.8 Å². The molecule has 0 aromatic heterocycles. The van der Waals surface area contributed by atoms with Crippen LogP contribution in [0.25, 0.3) is 10.8 Å². The zero-order valence-electron chi connectivity index (χ0n) is 20.4. The number of aromatic carboxylic acids is 1. The van der Waals surface area contributed by atoms with Crippen LogP contribution in [-0.2, 0) is 0 Å². The van der Waals surface area contributed by atoms with Crippen LogP contribution >= 0.6 is 0 Å². The van der Waals surface area contributed by atoms with Gasteiger partial charge in [-0.1, -0.05) is 60.7 Å². The summed E-state index contributed by atoms with van der Waals surface area (Å²) in [4.78, 5) is 13.7. The molecule has 0 bridgehead atoms. The van der Waals surface area contributed by atoms with Crippen molar-refractivity contribution >= 4 is 22.4 Å². The van der Waals surface area contributed by atoms with Crippen molar-refractivity contribution in [3.05, 3.63) is 114 Å². The second-order valence-electron chi connectivity index (χ2n) is 9.71. The van der Waals surface area contributed by atoms with Gasteiger partial charge in [-0.25, -0.2) is 9.18 Å². The van der Waals surface area contributed by atoms with E-state index in [1.54, 1.807) is 30.3 Å². The molecule has 184 valence electrons. The maximum absolute atomic E-state index is 14.2. The predicted molar refractivity (Wildman–Crippen MR) is 143 cm³/mol. The minimum Gasteiger partial charge on any atom is -0.478 e. The normalized spacial score (nSPS) is 18.8. The summed E-state index contributed by atoms with van der Waals surface area (Å²) in [5, 5.41) is 15.7. The summed E-state index contributed by atoms with van der Waals surface area (Å²) >= 11 is 0. The number of rotatable bonds is 7. The standard InChI is InChI=1S/C31H31FN2O2/c1-21(28-14-6-8-22-7-2-3-13-29(22)28)33-19-25-15-16-34(27-12-5-10-24(18-27)31(35)36)20-30(25)23-9-4-11-26(32)17-23/h2-14,17-18,21,25,30,33H,15-16,19-20H2,1H3,(H,35,36)/t21-,25?,30?/m1/s1. The lowest BCUT2D eigenvalue weighted by atomic mass is 9.80. The van der Waals surface area contributed by atoms with E-state index in [-0.39, 0.29) is 23.3 Å². The van der Waals surface area contributed by atoms with E-state index in [1.807, 2.05) is 12.1 Å². The van der Waals surface area contributed by atoms with E-state index in [0.717, 1.165) is 30.8 Å². The molecular formula is C31H31FN2O2. The summed E-state index contributed by atoms with van der Waals surface area (Å²) < 4.78 is 14.2. The molecule has 36 heavy (non-hydrogen) atoms. The molecule has 1 heterocycles. The first-order chi connectivity index (χ1) is 17.5. The Bertz CT molecular complexity index is 1370. The summed E-state index contributed by atoms with van der Waals surface area (Å²) in [6.45, 7) is 4.55. The Morgan fingerprint density at radius 3 is 2.64 bits per heavy atom. The maximum atomic E-state index is 14.2. The monoisotopic (exact) mass is 482 g/mol. The highest BCUT2D eigenvalue weighted by atomic mass is 19.1. The molecule has 4 aromatic carbocycles. The van der Waals surface area contributed by atoms with Crippen LogP contribution in [0.3, 0.4) is 0 Å². The zero-order chi connectivity index (χ0) is 25.1. The third-order valence-corrected chi connectivity index (χ3v) is 7.47. The topological polar surface area (TPSA) is 52.6 Å². The van der Waals surface area contributed by atoms with E-state index >= 15 is 0 Å². The van der Waals surface area contributed by atoms with Gasteiger partial charge in [-0.15, -0.1) is 0 Å². The SMILES string of the molecule is C[C@@H](NCC1CCN(c2cccc(C(=O)O)c2)CC1c1cccc(F)c1)c1cccc2ccccc12. The fourth-order valence-electron chi connectivity index (χ4n) is 5.50. The molecule has 1 aliphatic heterocycles. The van der Waals surface area contributed by atoms with Gasteiger partial charge < -0.3 is 15.3 Å². The predicted octanol–water partition coefficient (Wildman–Crippen LogP) is 6.64. The van der Waals surface area contributed by atoms with E-state index in [9.17, 15) is 14.3 Å². The minimum atomic E-state index is -0.931. The van der Waals surface area contributed by atoms with Gasteiger partial charge in [0.15, 0.2) is 0 Å². The van der Waals surface area contributed by atoms with Gasteiger partial charge in [0.05, 0.1) is 5.56 Å². The lowest BCUT2D eigenvalue weighted by Crippen LogP contribution is -2.43. The maximum Gasteiger partial charge on any atom is 0.335 e. The zero-order valence-corrected chi connectivity index (χ0v) is 20.4. The molecule has 0 spiro atoms. The van der Waals surface area contributed by atoms with E-state index in [0.29, 0.717) is 12.5 Å². The summed E-state index contributed by atoms with van der Waals surface area (Å²) in [5.74, 6) is -0.716. The summed E-state index contributed by atoms with van der Waals surface area (Å²) in [7, 11) is 0. The number of hydrogen-bond acceptors (Lipinski definition) is 3. The number of anilines is 1. The van der Waals surface area contributed by atoms with Gasteiger partial charge in [0.25, 0.3) is 0 Å². The van der Waals surface area contributed by atoms with Crippen molar-refractivity contribution in [1.29, 1.82) is 0 Å². The van der Waals surface area contributed by atoms with Gasteiger partial charge in [0, 0.05) is 30.7 Å². The van der Waals surface area contributed by atoms with Gasteiger partial charge in [-0.2, -0.15) is 0 Å². The van der Waals surface area contributed by atoms with Crippen LogP contribution in [0.5, 0.6) is 0 Å². The Morgan fingerprint density at radius 2 is 1.81 bits per heavy atom. The molecule has 4 aromatic rings. The fraction of sp³-hybridized carbons (Fsp3) is 0.258. The van der Waals surface area contributed by atoms with Gasteiger partial charge in [-0.3, -0.25) is 0 Å². The van der Waals surface area contributed by atoms with Gasteiger partial charge in [-0.05, 0) is 78.0 Å². The second-order valence-corrected chi connectivity index (χ2v) is 9.71. The van der Waals surface area contributed by atoms with E-state index in [4.69, 9.17) is 0 Å². The molecule has 2 unspecified atom stereocenters. The number of nitrogens with one attached hydrogen (secondary N) is 1. The van der Waals surface area contributed by atoms with Gasteiger partial charge in [0.1, 0.15) is 5.82 Å². The van der Waals surface area contributed by atoms with Crippen molar-refractivity contribution in [2.45, 2.75) is 25.3 Å². The molecule has 0 radical (unpaired) electrons. The lowest BCUT2D eigenvalue weighted by molar-refractivity contribution is 0.0697. The molecule has 1 aliphatic rings. The Kier molecular flexibility index (Phi) is 7.01. The number of fused-ring (bicyclic) bond motifs is 1. The van der Waals surface area contributed by atoms with Crippen molar-refractivity contribution < 1.29 is 14.3 Å². The average Bonchev–Trinajstić information content (AvgIpc) is 2.91. The van der Waals surface area contributed by atoms with Crippen LogP contribution in [-0.4, -0.2) is 30.7 Å². The minimum absolute atomic E-state index is 0.121. The van der Waals surface area contributed by atoms with Crippen molar-refractivity contribution in [3.8, 4) is 0 Å². The molecule has 5 rings (SSSR count). The molecule has 3 atom stereocenters. The van der Waals surface area contributed by atoms with Gasteiger partial charge >= 0.3 is 5.97 Å².